The van der Waals surface area contributed by atoms with Crippen LogP contribution >= 0.6 is 0 Å². The number of hydrogen-bond acceptors (Lipinski definition) is 6. The lowest BCUT2D eigenvalue weighted by Gasteiger charge is -2.07. The van der Waals surface area contributed by atoms with Crippen molar-refractivity contribution >= 4 is 0 Å². The lowest BCUT2D eigenvalue weighted by atomic mass is 10.2. The molecule has 0 amide bonds. The molecule has 0 saturated carbocycles. The number of hydrogen-bond donors (Lipinski definition) is 0. The molecule has 0 fully saturated rings. The number of rotatable bonds is 4. The van der Waals surface area contributed by atoms with Crippen LogP contribution in [0.15, 0.2) is 41.4 Å². The number of nitrogens with zero attached hydrogens (tertiary/aromatic N) is 4. The van der Waals surface area contributed by atoms with E-state index < -0.39 is 5.82 Å². The van der Waals surface area contributed by atoms with Gasteiger partial charge in [0, 0.05) is 5.56 Å². The Morgan fingerprint density at radius 2 is 2.19 bits per heavy atom. The van der Waals surface area contributed by atoms with Crippen molar-refractivity contribution < 1.29 is 13.5 Å². The fourth-order valence-electron chi connectivity index (χ4n) is 1.81. The summed E-state index contributed by atoms with van der Waals surface area (Å²) in [6.07, 6.45) is 2.98. The molecule has 0 aliphatic heterocycles. The van der Waals surface area contributed by atoms with Gasteiger partial charge in [0.2, 0.25) is 18.1 Å². The maximum atomic E-state index is 14.0. The Balaban J connectivity index is 1.91. The van der Waals surface area contributed by atoms with Crippen molar-refractivity contribution in [3.8, 4) is 23.1 Å². The van der Waals surface area contributed by atoms with E-state index in [-0.39, 0.29) is 5.88 Å². The molecule has 7 heteroatoms. The summed E-state index contributed by atoms with van der Waals surface area (Å²) in [4.78, 5) is 7.67. The second kappa shape index (κ2) is 5.66. The molecule has 0 N–H and O–H groups in total. The summed E-state index contributed by atoms with van der Waals surface area (Å²) < 4.78 is 24.6. The molecule has 0 bridgehead atoms. The molecule has 0 spiro atoms. The quantitative estimate of drug-likeness (QED) is 0.734. The minimum atomic E-state index is -0.553. The molecule has 0 unspecified atom stereocenters. The largest absolute Gasteiger partial charge is 0.436 e. The van der Waals surface area contributed by atoms with Crippen LogP contribution < -0.4 is 4.74 Å². The third kappa shape index (κ3) is 2.71. The zero-order chi connectivity index (χ0) is 14.7. The minimum Gasteiger partial charge on any atom is -0.436 e. The fraction of sp³-hybridized carbons (Fsp3) is 0.143. The van der Waals surface area contributed by atoms with Gasteiger partial charge >= 0.3 is 0 Å². The average Bonchev–Trinajstić information content (AvgIpc) is 3.04. The monoisotopic (exact) mass is 286 g/mol. The second-order valence-corrected chi connectivity index (χ2v) is 4.17. The van der Waals surface area contributed by atoms with Crippen molar-refractivity contribution in [2.75, 3.05) is 0 Å². The Kier molecular flexibility index (Phi) is 3.55. The van der Waals surface area contributed by atoms with Gasteiger partial charge in [-0.25, -0.2) is 4.98 Å². The highest BCUT2D eigenvalue weighted by Gasteiger charge is 2.12. The zero-order valence-corrected chi connectivity index (χ0v) is 11.2. The van der Waals surface area contributed by atoms with Gasteiger partial charge in [0.25, 0.3) is 5.88 Å². The van der Waals surface area contributed by atoms with Crippen LogP contribution in [0.3, 0.4) is 0 Å². The molecule has 0 aliphatic rings. The molecule has 2 heterocycles. The topological polar surface area (TPSA) is 73.9 Å². The molecule has 21 heavy (non-hydrogen) atoms. The van der Waals surface area contributed by atoms with E-state index in [0.29, 0.717) is 29.3 Å². The van der Waals surface area contributed by atoms with Gasteiger partial charge in [-0.15, -0.1) is 10.2 Å². The van der Waals surface area contributed by atoms with Gasteiger partial charge in [-0.1, -0.05) is 13.0 Å². The Hall–Kier alpha value is -2.83. The first kappa shape index (κ1) is 13.2. The predicted octanol–water partition coefficient (Wildman–Crippen LogP) is 3.02. The van der Waals surface area contributed by atoms with Gasteiger partial charge in [-0.3, -0.25) is 0 Å². The van der Waals surface area contributed by atoms with Crippen LogP contribution in [0.1, 0.15) is 12.6 Å². The van der Waals surface area contributed by atoms with E-state index in [0.717, 1.165) is 0 Å². The Labute approximate surface area is 119 Å². The standard InChI is InChI=1S/C14H11FN4O2/c1-2-11-12(15)14(17-7-16-11)21-10-5-3-4-9(6-10)13-19-18-8-20-13/h3-8H,2H2,1H3. The normalized spacial score (nSPS) is 10.6. The van der Waals surface area contributed by atoms with E-state index in [1.165, 1.54) is 12.7 Å². The van der Waals surface area contributed by atoms with Gasteiger partial charge in [-0.05, 0) is 24.6 Å². The van der Waals surface area contributed by atoms with Crippen LogP contribution in [-0.2, 0) is 6.42 Å². The van der Waals surface area contributed by atoms with Crippen molar-refractivity contribution in [3.63, 3.8) is 0 Å². The van der Waals surface area contributed by atoms with E-state index in [2.05, 4.69) is 20.2 Å². The molecule has 1 aromatic carbocycles. The molecule has 2 aromatic heterocycles. The third-order valence-corrected chi connectivity index (χ3v) is 2.82. The van der Waals surface area contributed by atoms with E-state index >= 15 is 0 Å². The van der Waals surface area contributed by atoms with Crippen LogP contribution in [0.5, 0.6) is 11.6 Å². The van der Waals surface area contributed by atoms with Gasteiger partial charge in [-0.2, -0.15) is 9.37 Å². The maximum absolute atomic E-state index is 14.0. The van der Waals surface area contributed by atoms with Crippen LogP contribution in [0.25, 0.3) is 11.5 Å². The summed E-state index contributed by atoms with van der Waals surface area (Å²) in [6, 6.07) is 6.89. The Bertz CT molecular complexity index is 746. The summed E-state index contributed by atoms with van der Waals surface area (Å²) in [7, 11) is 0. The van der Waals surface area contributed by atoms with Gasteiger partial charge in [0.15, 0.2) is 0 Å². The maximum Gasteiger partial charge on any atom is 0.259 e. The molecule has 6 nitrogen and oxygen atoms in total. The van der Waals surface area contributed by atoms with E-state index in [1.807, 2.05) is 6.92 Å². The van der Waals surface area contributed by atoms with E-state index in [9.17, 15) is 4.39 Å². The first-order valence-electron chi connectivity index (χ1n) is 6.31. The molecule has 0 radical (unpaired) electrons. The first-order chi connectivity index (χ1) is 10.3. The highest BCUT2D eigenvalue weighted by molar-refractivity contribution is 5.55. The van der Waals surface area contributed by atoms with Crippen molar-refractivity contribution in [2.45, 2.75) is 13.3 Å². The molecule has 3 aromatic rings. The van der Waals surface area contributed by atoms with Crippen molar-refractivity contribution in [2.24, 2.45) is 0 Å². The zero-order valence-electron chi connectivity index (χ0n) is 11.2. The number of ether oxygens (including phenoxy) is 1. The first-order valence-corrected chi connectivity index (χ1v) is 6.31. The minimum absolute atomic E-state index is 0.107. The molecule has 0 saturated heterocycles. The lowest BCUT2D eigenvalue weighted by Crippen LogP contribution is -1.99. The highest BCUT2D eigenvalue weighted by atomic mass is 19.1. The van der Waals surface area contributed by atoms with Crippen molar-refractivity contribution in [1.29, 1.82) is 0 Å². The van der Waals surface area contributed by atoms with Gasteiger partial charge in [0.05, 0.1) is 5.69 Å². The van der Waals surface area contributed by atoms with Gasteiger partial charge < -0.3 is 9.15 Å². The Morgan fingerprint density at radius 1 is 1.29 bits per heavy atom. The molecule has 0 atom stereocenters. The summed E-state index contributed by atoms with van der Waals surface area (Å²) >= 11 is 0. The molecule has 106 valence electrons. The number of halogens is 1. The number of aromatic nitrogens is 4. The average molecular weight is 286 g/mol. The summed E-state index contributed by atoms with van der Waals surface area (Å²) in [5.74, 6) is 0.121. The molecular weight excluding hydrogens is 275 g/mol. The van der Waals surface area contributed by atoms with E-state index in [1.54, 1.807) is 24.3 Å². The summed E-state index contributed by atoms with van der Waals surface area (Å²) in [5.41, 5.74) is 0.989. The molecule has 3 rings (SSSR count). The van der Waals surface area contributed by atoms with Crippen LogP contribution in [0.4, 0.5) is 4.39 Å². The van der Waals surface area contributed by atoms with Crippen LogP contribution in [0, 0.1) is 5.82 Å². The molecule has 0 aliphatic carbocycles. The smallest absolute Gasteiger partial charge is 0.259 e. The predicted molar refractivity (Wildman–Crippen MR) is 71.2 cm³/mol. The van der Waals surface area contributed by atoms with Crippen LogP contribution in [-0.4, -0.2) is 20.2 Å². The van der Waals surface area contributed by atoms with Crippen molar-refractivity contribution in [3.05, 3.63) is 48.5 Å². The lowest BCUT2D eigenvalue weighted by molar-refractivity contribution is 0.415. The highest BCUT2D eigenvalue weighted by Crippen LogP contribution is 2.27. The van der Waals surface area contributed by atoms with E-state index in [4.69, 9.17) is 9.15 Å². The SMILES string of the molecule is CCc1ncnc(Oc2cccc(-c3nnco3)c2)c1F. The summed E-state index contributed by atoms with van der Waals surface area (Å²) in [6.45, 7) is 1.81. The molecular formula is C14H11FN4O2. The fourth-order valence-corrected chi connectivity index (χ4v) is 1.81. The Morgan fingerprint density at radius 3 is 2.95 bits per heavy atom. The third-order valence-electron chi connectivity index (χ3n) is 2.82. The van der Waals surface area contributed by atoms with Crippen LogP contribution in [0.2, 0.25) is 0 Å². The second-order valence-electron chi connectivity index (χ2n) is 4.17. The number of benzene rings is 1. The number of aryl methyl sites for hydroxylation is 1. The van der Waals surface area contributed by atoms with Crippen molar-refractivity contribution in [1.82, 2.24) is 20.2 Å². The van der Waals surface area contributed by atoms with Gasteiger partial charge in [0.1, 0.15) is 12.1 Å². The summed E-state index contributed by atoms with van der Waals surface area (Å²) in [5, 5.41) is 7.42.